The summed E-state index contributed by atoms with van der Waals surface area (Å²) < 4.78 is 22.4. The van der Waals surface area contributed by atoms with Gasteiger partial charge >= 0.3 is 0 Å². The number of nitrogens with one attached hydrogen (secondary N) is 1. The lowest BCUT2D eigenvalue weighted by Crippen LogP contribution is -2.32. The first-order valence-corrected chi connectivity index (χ1v) is 12.4. The predicted molar refractivity (Wildman–Crippen MR) is 133 cm³/mol. The molecule has 0 radical (unpaired) electrons. The van der Waals surface area contributed by atoms with Gasteiger partial charge in [0.2, 0.25) is 11.1 Å². The number of aryl methyl sites for hydroxylation is 2. The Morgan fingerprint density at radius 3 is 2.38 bits per heavy atom. The molecule has 3 aromatic carbocycles. The number of thioether (sulfide) groups is 1. The summed E-state index contributed by atoms with van der Waals surface area (Å²) in [6.45, 7) is 4.15. The number of hydrogen-bond donors (Lipinski definition) is 1. The Balaban J connectivity index is 1.63. The largest absolute Gasteiger partial charge is 0.480 e. The molecule has 0 unspecified atom stereocenters. The van der Waals surface area contributed by atoms with Crippen LogP contribution in [0.15, 0.2) is 77.5 Å². The first-order valence-electron chi connectivity index (χ1n) is 11.1. The van der Waals surface area contributed by atoms with Crippen LogP contribution in [0.25, 0.3) is 5.70 Å². The number of hydrogen-bond acceptors (Lipinski definition) is 5. The maximum atomic E-state index is 13.8. The molecule has 2 atom stereocenters. The van der Waals surface area contributed by atoms with E-state index in [1.165, 1.54) is 29.5 Å². The Hall–Kier alpha value is -3.58. The third-order valence-electron chi connectivity index (χ3n) is 6.36. The minimum atomic E-state index is -0.417. The van der Waals surface area contributed by atoms with Crippen molar-refractivity contribution in [2.45, 2.75) is 31.1 Å². The lowest BCUT2D eigenvalue weighted by atomic mass is 9.84. The zero-order valence-corrected chi connectivity index (χ0v) is 19.9. The highest BCUT2D eigenvalue weighted by Crippen LogP contribution is 2.51. The fourth-order valence-corrected chi connectivity index (χ4v) is 5.04. The van der Waals surface area contributed by atoms with Crippen LogP contribution < -0.4 is 10.1 Å². The second kappa shape index (κ2) is 8.02. The summed E-state index contributed by atoms with van der Waals surface area (Å²) >= 11 is 1.51. The van der Waals surface area contributed by atoms with E-state index in [0.29, 0.717) is 11.1 Å². The van der Waals surface area contributed by atoms with Crippen LogP contribution in [0.4, 0.5) is 10.3 Å². The Labute approximate surface area is 201 Å². The number of aromatic nitrogens is 3. The first kappa shape index (κ1) is 21.0. The van der Waals surface area contributed by atoms with Crippen molar-refractivity contribution in [1.29, 1.82) is 0 Å². The van der Waals surface area contributed by atoms with Crippen LogP contribution in [-0.4, -0.2) is 21.0 Å². The SMILES string of the molecule is CSc1nc2n(n1)[C@@H](c1ccc(C)cc1)C1=C(N2)c2cc(C)ccc2O[C@@H]1c1ccc(F)cc1. The zero-order valence-electron chi connectivity index (χ0n) is 19.0. The van der Waals surface area contributed by atoms with Crippen LogP contribution in [0.5, 0.6) is 5.75 Å². The average molecular weight is 471 g/mol. The summed E-state index contributed by atoms with van der Waals surface area (Å²) in [7, 11) is 0. The van der Waals surface area contributed by atoms with E-state index in [9.17, 15) is 4.39 Å². The second-order valence-electron chi connectivity index (χ2n) is 8.68. The molecule has 0 spiro atoms. The molecule has 34 heavy (non-hydrogen) atoms. The predicted octanol–water partition coefficient (Wildman–Crippen LogP) is 6.32. The maximum Gasteiger partial charge on any atom is 0.227 e. The van der Waals surface area contributed by atoms with Gasteiger partial charge < -0.3 is 10.1 Å². The van der Waals surface area contributed by atoms with Crippen molar-refractivity contribution < 1.29 is 9.13 Å². The zero-order chi connectivity index (χ0) is 23.4. The lowest BCUT2D eigenvalue weighted by molar-refractivity contribution is 0.222. The van der Waals surface area contributed by atoms with Crippen LogP contribution in [0.3, 0.4) is 0 Å². The Morgan fingerprint density at radius 1 is 0.941 bits per heavy atom. The monoisotopic (exact) mass is 470 g/mol. The van der Waals surface area contributed by atoms with E-state index >= 15 is 0 Å². The summed E-state index contributed by atoms with van der Waals surface area (Å²) in [6.07, 6.45) is 1.55. The van der Waals surface area contributed by atoms with Gasteiger partial charge in [-0.05, 0) is 55.5 Å². The van der Waals surface area contributed by atoms with Crippen molar-refractivity contribution in [3.8, 4) is 5.75 Å². The van der Waals surface area contributed by atoms with Gasteiger partial charge in [-0.15, -0.1) is 5.10 Å². The van der Waals surface area contributed by atoms with Crippen molar-refractivity contribution in [2.75, 3.05) is 11.6 Å². The molecule has 0 bridgehead atoms. The van der Waals surface area contributed by atoms with Gasteiger partial charge in [0, 0.05) is 11.1 Å². The highest BCUT2D eigenvalue weighted by molar-refractivity contribution is 7.98. The molecule has 0 aliphatic carbocycles. The number of fused-ring (bicyclic) bond motifs is 3. The molecule has 2 aliphatic heterocycles. The minimum Gasteiger partial charge on any atom is -0.480 e. The van der Waals surface area contributed by atoms with Gasteiger partial charge in [-0.1, -0.05) is 65.4 Å². The number of nitrogens with zero attached hydrogens (tertiary/aromatic N) is 3. The van der Waals surface area contributed by atoms with E-state index in [0.717, 1.165) is 39.3 Å². The molecule has 0 saturated carbocycles. The molecule has 1 aromatic heterocycles. The van der Waals surface area contributed by atoms with Gasteiger partial charge in [-0.25, -0.2) is 9.07 Å². The summed E-state index contributed by atoms with van der Waals surface area (Å²) in [5.74, 6) is 1.21. The fraction of sp³-hybridized carbons (Fsp3) is 0.185. The molecule has 6 rings (SSSR count). The van der Waals surface area contributed by atoms with E-state index in [1.54, 1.807) is 12.1 Å². The maximum absolute atomic E-state index is 13.8. The Morgan fingerprint density at radius 2 is 1.65 bits per heavy atom. The lowest BCUT2D eigenvalue weighted by Gasteiger charge is -2.39. The summed E-state index contributed by atoms with van der Waals surface area (Å²) in [5, 5.41) is 9.07. The third kappa shape index (κ3) is 3.39. The molecule has 170 valence electrons. The molecular weight excluding hydrogens is 447 g/mol. The average Bonchev–Trinajstić information content (AvgIpc) is 3.27. The quantitative estimate of drug-likeness (QED) is 0.355. The van der Waals surface area contributed by atoms with Crippen LogP contribution in [0, 0.1) is 19.7 Å². The molecule has 7 heteroatoms. The molecule has 0 fully saturated rings. The van der Waals surface area contributed by atoms with Crippen molar-refractivity contribution >= 4 is 23.4 Å². The molecule has 0 amide bonds. The van der Waals surface area contributed by atoms with E-state index in [1.807, 2.05) is 23.1 Å². The van der Waals surface area contributed by atoms with Gasteiger partial charge in [0.1, 0.15) is 23.7 Å². The molecule has 4 aromatic rings. The standard InChI is InChI=1S/C27H23FN4OS/c1-15-4-7-17(8-5-15)24-22-23(29-26-30-27(34-3)31-32(24)26)20-14-16(2)6-13-21(20)33-25(22)18-9-11-19(28)12-10-18/h4-14,24-25H,1-3H3,(H,29,30,31)/t24-,25+/m0/s1. The van der Waals surface area contributed by atoms with Gasteiger partial charge in [-0.3, -0.25) is 0 Å². The number of anilines is 1. The molecule has 2 aliphatic rings. The second-order valence-corrected chi connectivity index (χ2v) is 9.46. The van der Waals surface area contributed by atoms with Crippen molar-refractivity contribution in [1.82, 2.24) is 14.8 Å². The van der Waals surface area contributed by atoms with E-state index in [2.05, 4.69) is 49.5 Å². The molecule has 3 heterocycles. The molecular formula is C27H23FN4OS. The van der Waals surface area contributed by atoms with Crippen LogP contribution in [-0.2, 0) is 0 Å². The van der Waals surface area contributed by atoms with Crippen molar-refractivity contribution in [2.24, 2.45) is 0 Å². The van der Waals surface area contributed by atoms with E-state index < -0.39 is 6.10 Å². The number of rotatable bonds is 3. The summed E-state index contributed by atoms with van der Waals surface area (Å²) in [6, 6.07) is 21.0. The minimum absolute atomic E-state index is 0.232. The third-order valence-corrected chi connectivity index (χ3v) is 6.89. The van der Waals surface area contributed by atoms with Crippen LogP contribution in [0.1, 0.15) is 40.0 Å². The van der Waals surface area contributed by atoms with Crippen LogP contribution in [0.2, 0.25) is 0 Å². The Kier molecular flexibility index (Phi) is 4.95. The number of halogens is 1. The topological polar surface area (TPSA) is 52.0 Å². The molecule has 5 nitrogen and oxygen atoms in total. The van der Waals surface area contributed by atoms with Gasteiger partial charge in [0.05, 0.1) is 5.70 Å². The number of benzene rings is 3. The van der Waals surface area contributed by atoms with Crippen LogP contribution >= 0.6 is 11.8 Å². The highest BCUT2D eigenvalue weighted by atomic mass is 32.2. The molecule has 1 N–H and O–H groups in total. The number of ether oxygens (including phenoxy) is 1. The van der Waals surface area contributed by atoms with Crippen molar-refractivity contribution in [3.05, 3.63) is 106 Å². The van der Waals surface area contributed by atoms with Gasteiger partial charge in [0.25, 0.3) is 0 Å². The van der Waals surface area contributed by atoms with Crippen molar-refractivity contribution in [3.63, 3.8) is 0 Å². The summed E-state index contributed by atoms with van der Waals surface area (Å²) in [4.78, 5) is 4.74. The summed E-state index contributed by atoms with van der Waals surface area (Å²) in [5.41, 5.74) is 7.28. The van der Waals surface area contributed by atoms with E-state index in [-0.39, 0.29) is 11.9 Å². The van der Waals surface area contributed by atoms with E-state index in [4.69, 9.17) is 14.8 Å². The smallest absolute Gasteiger partial charge is 0.227 e. The van der Waals surface area contributed by atoms with Gasteiger partial charge in [-0.2, -0.15) is 4.98 Å². The highest BCUT2D eigenvalue weighted by Gasteiger charge is 2.41. The Bertz CT molecular complexity index is 1430. The van der Waals surface area contributed by atoms with Gasteiger partial charge in [0.15, 0.2) is 0 Å². The fourth-order valence-electron chi connectivity index (χ4n) is 4.69. The molecule has 0 saturated heterocycles. The first-order chi connectivity index (χ1) is 16.5. The normalized spacial score (nSPS) is 18.5.